The number of carbonyl (C=O) groups excluding carboxylic acids is 1. The molecule has 1 amide bonds. The summed E-state index contributed by atoms with van der Waals surface area (Å²) in [5.74, 6) is 0.296. The summed E-state index contributed by atoms with van der Waals surface area (Å²) >= 11 is 1.48. The van der Waals surface area contributed by atoms with Crippen LogP contribution in [0.1, 0.15) is 27.3 Å². The Morgan fingerprint density at radius 1 is 1.03 bits per heavy atom. The maximum atomic E-state index is 13.1. The minimum atomic E-state index is -3.88. The van der Waals surface area contributed by atoms with Crippen molar-refractivity contribution < 1.29 is 17.9 Å². The highest BCUT2D eigenvalue weighted by Gasteiger charge is 2.21. The highest BCUT2D eigenvalue weighted by molar-refractivity contribution is 7.92. The molecule has 176 valence electrons. The number of hydrogen-bond donors (Lipinski definition) is 2. The number of amides is 1. The van der Waals surface area contributed by atoms with E-state index in [4.69, 9.17) is 4.74 Å². The molecule has 8 nitrogen and oxygen atoms in total. The SMILES string of the molecule is COc1ccc(NS(=O)(=O)c2cc(NC(=O)c3cc(C)n(-c4nccs4)c3C)ccc2C)cc1. The van der Waals surface area contributed by atoms with Gasteiger partial charge in [0, 0.05) is 34.3 Å². The highest BCUT2D eigenvalue weighted by Crippen LogP contribution is 2.26. The van der Waals surface area contributed by atoms with Gasteiger partial charge in [0.1, 0.15) is 5.75 Å². The lowest BCUT2D eigenvalue weighted by molar-refractivity contribution is 0.102. The van der Waals surface area contributed by atoms with Gasteiger partial charge in [-0.25, -0.2) is 13.4 Å². The Bertz CT molecular complexity index is 1440. The van der Waals surface area contributed by atoms with Crippen molar-refractivity contribution in [3.8, 4) is 10.9 Å². The lowest BCUT2D eigenvalue weighted by Crippen LogP contribution is -2.16. The van der Waals surface area contributed by atoms with Gasteiger partial charge in [-0.1, -0.05) is 6.07 Å². The molecular formula is C24H24N4O4S2. The Labute approximate surface area is 202 Å². The van der Waals surface area contributed by atoms with Crippen molar-refractivity contribution in [3.63, 3.8) is 0 Å². The second kappa shape index (κ2) is 9.32. The van der Waals surface area contributed by atoms with Gasteiger partial charge < -0.3 is 10.1 Å². The monoisotopic (exact) mass is 496 g/mol. The molecule has 0 aliphatic rings. The van der Waals surface area contributed by atoms with E-state index in [1.54, 1.807) is 62.7 Å². The molecule has 0 aliphatic heterocycles. The summed E-state index contributed by atoms with van der Waals surface area (Å²) in [6.45, 7) is 5.47. The summed E-state index contributed by atoms with van der Waals surface area (Å²) in [5.41, 5.74) is 3.48. The average molecular weight is 497 g/mol. The summed E-state index contributed by atoms with van der Waals surface area (Å²) in [4.78, 5) is 17.5. The van der Waals surface area contributed by atoms with Crippen LogP contribution < -0.4 is 14.8 Å². The molecule has 4 rings (SSSR count). The van der Waals surface area contributed by atoms with Gasteiger partial charge in [0.15, 0.2) is 5.13 Å². The number of benzene rings is 2. The van der Waals surface area contributed by atoms with E-state index in [9.17, 15) is 13.2 Å². The highest BCUT2D eigenvalue weighted by atomic mass is 32.2. The summed E-state index contributed by atoms with van der Waals surface area (Å²) in [5, 5.41) is 5.48. The Hall–Kier alpha value is -3.63. The normalized spacial score (nSPS) is 11.3. The van der Waals surface area contributed by atoms with Crippen LogP contribution in [-0.4, -0.2) is 31.0 Å². The van der Waals surface area contributed by atoms with E-state index in [0.717, 1.165) is 16.5 Å². The van der Waals surface area contributed by atoms with Crippen molar-refractivity contribution in [2.45, 2.75) is 25.7 Å². The number of rotatable bonds is 7. The van der Waals surface area contributed by atoms with Crippen LogP contribution in [0.25, 0.3) is 5.13 Å². The molecule has 2 aromatic carbocycles. The van der Waals surface area contributed by atoms with E-state index >= 15 is 0 Å². The second-order valence-corrected chi connectivity index (χ2v) is 10.2. The van der Waals surface area contributed by atoms with Crippen LogP contribution >= 0.6 is 11.3 Å². The van der Waals surface area contributed by atoms with Gasteiger partial charge in [0.25, 0.3) is 15.9 Å². The number of aromatic nitrogens is 2. The van der Waals surface area contributed by atoms with E-state index in [-0.39, 0.29) is 10.8 Å². The van der Waals surface area contributed by atoms with Crippen molar-refractivity contribution >= 4 is 38.6 Å². The van der Waals surface area contributed by atoms with Crippen LogP contribution in [0.2, 0.25) is 0 Å². The van der Waals surface area contributed by atoms with Gasteiger partial charge >= 0.3 is 0 Å². The second-order valence-electron chi connectivity index (χ2n) is 7.70. The standard InChI is InChI=1S/C24H24N4O4S2/c1-15-5-6-19(14-22(15)34(30,31)27-18-7-9-20(32-4)10-8-18)26-23(29)21-13-16(2)28(17(21)3)24-25-11-12-33-24/h5-14,27H,1-4H3,(H,26,29). The first-order valence-corrected chi connectivity index (χ1v) is 12.7. The molecule has 2 heterocycles. The van der Waals surface area contributed by atoms with Crippen molar-refractivity contribution in [3.05, 3.63) is 82.6 Å². The van der Waals surface area contributed by atoms with Gasteiger partial charge in [0.2, 0.25) is 0 Å². The van der Waals surface area contributed by atoms with E-state index < -0.39 is 10.0 Å². The van der Waals surface area contributed by atoms with Crippen LogP contribution in [0.5, 0.6) is 5.75 Å². The lowest BCUT2D eigenvalue weighted by Gasteiger charge is -2.13. The van der Waals surface area contributed by atoms with E-state index in [1.165, 1.54) is 17.4 Å². The number of ether oxygens (including phenoxy) is 1. The molecule has 34 heavy (non-hydrogen) atoms. The van der Waals surface area contributed by atoms with Crippen molar-refractivity contribution in [1.82, 2.24) is 9.55 Å². The van der Waals surface area contributed by atoms with Gasteiger partial charge in [-0.2, -0.15) is 0 Å². The zero-order valence-corrected chi connectivity index (χ0v) is 20.8. The van der Waals surface area contributed by atoms with Crippen molar-refractivity contribution in [2.75, 3.05) is 17.1 Å². The summed E-state index contributed by atoms with van der Waals surface area (Å²) in [6, 6.07) is 13.2. The number of anilines is 2. The number of nitrogens with zero attached hydrogens (tertiary/aromatic N) is 2. The third kappa shape index (κ3) is 4.68. The fourth-order valence-corrected chi connectivity index (χ4v) is 5.73. The Kier molecular flexibility index (Phi) is 6.45. The molecule has 0 saturated carbocycles. The molecule has 0 aliphatic carbocycles. The van der Waals surface area contributed by atoms with Crippen LogP contribution in [0.4, 0.5) is 11.4 Å². The van der Waals surface area contributed by atoms with E-state index in [2.05, 4.69) is 15.0 Å². The van der Waals surface area contributed by atoms with Crippen LogP contribution in [-0.2, 0) is 10.0 Å². The van der Waals surface area contributed by atoms with Crippen LogP contribution in [0.15, 0.2) is 65.0 Å². The van der Waals surface area contributed by atoms with E-state index in [0.29, 0.717) is 28.3 Å². The molecule has 10 heteroatoms. The van der Waals surface area contributed by atoms with Crippen molar-refractivity contribution in [2.24, 2.45) is 0 Å². The fraction of sp³-hybridized carbons (Fsp3) is 0.167. The quantitative estimate of drug-likeness (QED) is 0.378. The summed E-state index contributed by atoms with van der Waals surface area (Å²) < 4.78 is 35.7. The molecule has 0 atom stereocenters. The largest absolute Gasteiger partial charge is 0.497 e. The number of hydrogen-bond acceptors (Lipinski definition) is 6. The van der Waals surface area contributed by atoms with Crippen LogP contribution in [0, 0.1) is 20.8 Å². The summed E-state index contributed by atoms with van der Waals surface area (Å²) in [6.07, 6.45) is 1.72. The zero-order valence-electron chi connectivity index (χ0n) is 19.1. The Morgan fingerprint density at radius 2 is 1.74 bits per heavy atom. The molecule has 0 fully saturated rings. The third-order valence-electron chi connectivity index (χ3n) is 5.36. The van der Waals surface area contributed by atoms with Crippen LogP contribution in [0.3, 0.4) is 0 Å². The molecule has 0 unspecified atom stereocenters. The number of thiazole rings is 1. The smallest absolute Gasteiger partial charge is 0.262 e. The first-order chi connectivity index (χ1) is 16.2. The maximum absolute atomic E-state index is 13.1. The number of carbonyl (C=O) groups is 1. The number of aryl methyl sites for hydroxylation is 2. The fourth-order valence-electron chi connectivity index (χ4n) is 3.65. The van der Waals surface area contributed by atoms with E-state index in [1.807, 2.05) is 23.8 Å². The predicted molar refractivity (Wildman–Crippen MR) is 134 cm³/mol. The number of nitrogens with one attached hydrogen (secondary N) is 2. The molecule has 4 aromatic rings. The van der Waals surface area contributed by atoms with Gasteiger partial charge in [-0.05, 0) is 68.8 Å². The topological polar surface area (TPSA) is 102 Å². The number of sulfonamides is 1. The van der Waals surface area contributed by atoms with Crippen molar-refractivity contribution in [1.29, 1.82) is 0 Å². The minimum Gasteiger partial charge on any atom is -0.497 e. The Morgan fingerprint density at radius 3 is 2.38 bits per heavy atom. The number of methoxy groups -OCH3 is 1. The predicted octanol–water partition coefficient (Wildman–Crippen LogP) is 4.92. The Balaban J connectivity index is 1.59. The third-order valence-corrected chi connectivity index (χ3v) is 7.64. The minimum absolute atomic E-state index is 0.0781. The molecule has 2 N–H and O–H groups in total. The molecule has 0 saturated heterocycles. The maximum Gasteiger partial charge on any atom is 0.262 e. The average Bonchev–Trinajstić information content (AvgIpc) is 3.42. The molecule has 0 spiro atoms. The van der Waals surface area contributed by atoms with Gasteiger partial charge in [0.05, 0.1) is 17.6 Å². The molecule has 2 aromatic heterocycles. The van der Waals surface area contributed by atoms with Gasteiger partial charge in [-0.15, -0.1) is 11.3 Å². The lowest BCUT2D eigenvalue weighted by atomic mass is 10.2. The zero-order chi connectivity index (χ0) is 24.5. The van der Waals surface area contributed by atoms with Gasteiger partial charge in [-0.3, -0.25) is 14.1 Å². The molecule has 0 bridgehead atoms. The summed E-state index contributed by atoms with van der Waals surface area (Å²) in [7, 11) is -2.34. The first-order valence-electron chi connectivity index (χ1n) is 10.4. The molecular weight excluding hydrogens is 472 g/mol. The first kappa shape index (κ1) is 23.5. The molecule has 0 radical (unpaired) electrons.